The van der Waals surface area contributed by atoms with E-state index in [1.165, 1.54) is 0 Å². The highest BCUT2D eigenvalue weighted by atomic mass is 35.5. The first kappa shape index (κ1) is 9.14. The summed E-state index contributed by atoms with van der Waals surface area (Å²) < 4.78 is -0.992. The molecule has 1 aliphatic carbocycles. The third-order valence-corrected chi connectivity index (χ3v) is 1.94. The predicted octanol–water partition coefficient (Wildman–Crippen LogP) is 1.06. The van der Waals surface area contributed by atoms with Gasteiger partial charge in [-0.3, -0.25) is 0 Å². The molecule has 0 fully saturated rings. The summed E-state index contributed by atoms with van der Waals surface area (Å²) in [5.74, 6) is 0. The van der Waals surface area contributed by atoms with E-state index < -0.39 is 11.5 Å². The van der Waals surface area contributed by atoms with E-state index in [4.69, 9.17) is 33.2 Å². The molecule has 0 saturated heterocycles. The zero-order valence-electron chi connectivity index (χ0n) is 5.67. The van der Waals surface area contributed by atoms with Crippen LogP contribution >= 0.6 is 23.2 Å². The van der Waals surface area contributed by atoms with Gasteiger partial charge in [-0.2, -0.15) is 0 Å². The van der Waals surface area contributed by atoms with E-state index in [1.54, 1.807) is 18.2 Å². The zero-order valence-corrected chi connectivity index (χ0v) is 7.18. The van der Waals surface area contributed by atoms with Crippen molar-refractivity contribution in [3.8, 4) is 0 Å². The van der Waals surface area contributed by atoms with E-state index in [0.717, 1.165) is 0 Å². The van der Waals surface area contributed by atoms with Gasteiger partial charge in [0.25, 0.3) is 0 Å². The summed E-state index contributed by atoms with van der Waals surface area (Å²) in [6.07, 6.45) is 5.05. The summed E-state index contributed by atoms with van der Waals surface area (Å²) in [5, 5.41) is 17.5. The van der Waals surface area contributed by atoms with Crippen LogP contribution in [0.5, 0.6) is 0 Å². The Morgan fingerprint density at radius 3 is 2.45 bits per heavy atom. The van der Waals surface area contributed by atoms with Crippen LogP contribution in [-0.2, 0) is 0 Å². The molecule has 0 spiro atoms. The van der Waals surface area contributed by atoms with Crippen molar-refractivity contribution in [3.05, 3.63) is 23.7 Å². The fourth-order valence-corrected chi connectivity index (χ4v) is 1.33. The molecule has 11 heavy (non-hydrogen) atoms. The highest BCUT2D eigenvalue weighted by Gasteiger charge is 2.28. The van der Waals surface area contributed by atoms with Crippen molar-refractivity contribution >= 4 is 30.3 Å². The first-order chi connectivity index (χ1) is 5.01. The number of hydrogen-bond acceptors (Lipinski definition) is 2. The summed E-state index contributed by atoms with van der Waals surface area (Å²) in [5.41, 5.74) is 0.428. The van der Waals surface area contributed by atoms with Gasteiger partial charge in [-0.25, -0.2) is 0 Å². The monoisotopic (exact) mass is 192 g/mol. The van der Waals surface area contributed by atoms with Crippen molar-refractivity contribution in [2.45, 2.75) is 10.8 Å². The molecule has 0 heterocycles. The Hall–Kier alpha value is 0.0449. The van der Waals surface area contributed by atoms with Crippen molar-refractivity contribution in [2.24, 2.45) is 0 Å². The molecule has 5 heteroatoms. The lowest BCUT2D eigenvalue weighted by Gasteiger charge is -2.19. The van der Waals surface area contributed by atoms with E-state index in [-0.39, 0.29) is 6.42 Å². The standard InChI is InChI=1S/C6H7BCl2O2/c8-6(9)3-1-2-5(4-6)7(10)11/h1-3,10-11H,4H2. The van der Waals surface area contributed by atoms with E-state index >= 15 is 0 Å². The first-order valence-electron chi connectivity index (χ1n) is 3.13. The van der Waals surface area contributed by atoms with Gasteiger partial charge in [0, 0.05) is 6.42 Å². The molecule has 60 valence electrons. The van der Waals surface area contributed by atoms with Gasteiger partial charge < -0.3 is 10.0 Å². The predicted molar refractivity (Wildman–Crippen MR) is 46.5 cm³/mol. The Morgan fingerprint density at radius 2 is 2.09 bits per heavy atom. The fourth-order valence-electron chi connectivity index (χ4n) is 0.880. The molecule has 0 aromatic carbocycles. The van der Waals surface area contributed by atoms with Crippen LogP contribution in [-0.4, -0.2) is 21.5 Å². The maximum absolute atomic E-state index is 8.75. The zero-order chi connectivity index (χ0) is 8.48. The van der Waals surface area contributed by atoms with Crippen molar-refractivity contribution in [2.75, 3.05) is 0 Å². The Bertz CT molecular complexity index is 211. The number of halogens is 2. The molecule has 1 aliphatic rings. The van der Waals surface area contributed by atoms with E-state index in [1.807, 2.05) is 0 Å². The number of allylic oxidation sites excluding steroid dienone is 4. The van der Waals surface area contributed by atoms with Crippen LogP contribution in [0.3, 0.4) is 0 Å². The van der Waals surface area contributed by atoms with Crippen LogP contribution in [0, 0.1) is 0 Å². The third kappa shape index (κ3) is 2.53. The Labute approximate surface area is 75.3 Å². The first-order valence-corrected chi connectivity index (χ1v) is 3.89. The van der Waals surface area contributed by atoms with Gasteiger partial charge in [0.2, 0.25) is 0 Å². The maximum atomic E-state index is 8.75. The second-order valence-corrected chi connectivity index (χ2v) is 3.95. The molecule has 0 aromatic heterocycles. The van der Waals surface area contributed by atoms with Gasteiger partial charge in [0.1, 0.15) is 4.33 Å². The highest BCUT2D eigenvalue weighted by Crippen LogP contribution is 2.33. The summed E-state index contributed by atoms with van der Waals surface area (Å²) in [6, 6.07) is 0. The van der Waals surface area contributed by atoms with Crippen LogP contribution in [0.25, 0.3) is 0 Å². The highest BCUT2D eigenvalue weighted by molar-refractivity contribution is 6.54. The lowest BCUT2D eigenvalue weighted by molar-refractivity contribution is 0.416. The Morgan fingerprint density at radius 1 is 1.45 bits per heavy atom. The molecule has 1 rings (SSSR count). The molecular weight excluding hydrogens is 186 g/mol. The Balaban J connectivity index is 2.73. The van der Waals surface area contributed by atoms with Crippen LogP contribution in [0.4, 0.5) is 0 Å². The van der Waals surface area contributed by atoms with Gasteiger partial charge in [0.15, 0.2) is 0 Å². The summed E-state index contributed by atoms with van der Waals surface area (Å²) in [7, 11) is -1.46. The molecule has 2 nitrogen and oxygen atoms in total. The molecule has 0 radical (unpaired) electrons. The second kappa shape index (κ2) is 3.19. The lowest BCUT2D eigenvalue weighted by Crippen LogP contribution is -2.23. The molecular formula is C6H7BCl2O2. The molecule has 0 atom stereocenters. The van der Waals surface area contributed by atoms with Crippen LogP contribution < -0.4 is 0 Å². The largest absolute Gasteiger partial charge is 0.484 e. The van der Waals surface area contributed by atoms with Crippen molar-refractivity contribution < 1.29 is 10.0 Å². The Kier molecular flexibility index (Phi) is 2.65. The maximum Gasteiger partial charge on any atom is 0.484 e. The van der Waals surface area contributed by atoms with Gasteiger partial charge in [-0.15, -0.1) is 0 Å². The fraction of sp³-hybridized carbons (Fsp3) is 0.333. The SMILES string of the molecule is OB(O)C1=CC=CC(Cl)(Cl)C1. The molecule has 2 N–H and O–H groups in total. The van der Waals surface area contributed by atoms with Gasteiger partial charge in [0.05, 0.1) is 0 Å². The topological polar surface area (TPSA) is 40.5 Å². The van der Waals surface area contributed by atoms with Crippen molar-refractivity contribution in [3.63, 3.8) is 0 Å². The summed E-state index contributed by atoms with van der Waals surface area (Å²) >= 11 is 11.5. The number of hydrogen-bond donors (Lipinski definition) is 2. The minimum atomic E-state index is -1.46. The quantitative estimate of drug-likeness (QED) is 0.482. The van der Waals surface area contributed by atoms with Crippen molar-refractivity contribution in [1.82, 2.24) is 0 Å². The molecule has 0 saturated carbocycles. The number of alkyl halides is 2. The summed E-state index contributed by atoms with van der Waals surface area (Å²) in [4.78, 5) is 0. The van der Waals surface area contributed by atoms with Crippen LogP contribution in [0.2, 0.25) is 0 Å². The molecule has 0 unspecified atom stereocenters. The minimum absolute atomic E-state index is 0.254. The molecule has 0 aliphatic heterocycles. The van der Waals surface area contributed by atoms with E-state index in [2.05, 4.69) is 0 Å². The summed E-state index contributed by atoms with van der Waals surface area (Å²) in [6.45, 7) is 0. The van der Waals surface area contributed by atoms with Crippen molar-refractivity contribution in [1.29, 1.82) is 0 Å². The average Bonchev–Trinajstić information content (AvgIpc) is 1.85. The van der Waals surface area contributed by atoms with Gasteiger partial charge in [-0.05, 0) is 11.5 Å². The molecule has 0 amide bonds. The normalized spacial score (nSPS) is 21.3. The van der Waals surface area contributed by atoms with Crippen LogP contribution in [0.1, 0.15) is 6.42 Å². The van der Waals surface area contributed by atoms with Gasteiger partial charge >= 0.3 is 7.12 Å². The van der Waals surface area contributed by atoms with E-state index in [9.17, 15) is 0 Å². The third-order valence-electron chi connectivity index (χ3n) is 1.42. The smallest absolute Gasteiger partial charge is 0.423 e. The van der Waals surface area contributed by atoms with E-state index in [0.29, 0.717) is 5.47 Å². The minimum Gasteiger partial charge on any atom is -0.423 e. The number of rotatable bonds is 1. The molecule has 0 bridgehead atoms. The lowest BCUT2D eigenvalue weighted by atomic mass is 9.75. The second-order valence-electron chi connectivity index (χ2n) is 2.41. The molecule has 0 aromatic rings. The average molecular weight is 193 g/mol. The van der Waals surface area contributed by atoms with Crippen LogP contribution in [0.15, 0.2) is 23.7 Å². The van der Waals surface area contributed by atoms with Gasteiger partial charge in [-0.1, -0.05) is 35.4 Å².